The summed E-state index contributed by atoms with van der Waals surface area (Å²) in [5.74, 6) is 0.456. The molecule has 2 aliphatic rings. The zero-order chi connectivity index (χ0) is 18.2. The molecule has 3 rings (SSSR count). The Morgan fingerprint density at radius 1 is 1.12 bits per heavy atom. The van der Waals surface area contributed by atoms with E-state index in [1.54, 1.807) is 0 Å². The van der Waals surface area contributed by atoms with Crippen LogP contribution in [-0.4, -0.2) is 29.8 Å². The van der Waals surface area contributed by atoms with Crippen molar-refractivity contribution in [2.75, 3.05) is 18.4 Å². The second kappa shape index (κ2) is 6.81. The van der Waals surface area contributed by atoms with E-state index in [0.717, 1.165) is 25.2 Å². The van der Waals surface area contributed by atoms with Crippen LogP contribution in [-0.2, 0) is 15.0 Å². The maximum absolute atomic E-state index is 12.6. The number of benzene rings is 1. The molecular formula is C21H30N2O2. The summed E-state index contributed by atoms with van der Waals surface area (Å²) < 4.78 is 0. The van der Waals surface area contributed by atoms with E-state index in [0.29, 0.717) is 12.3 Å². The lowest BCUT2D eigenvalue weighted by atomic mass is 9.87. The number of anilines is 1. The molecule has 1 aromatic rings. The lowest BCUT2D eigenvalue weighted by molar-refractivity contribution is -0.135. The number of piperidine rings is 1. The topological polar surface area (TPSA) is 49.4 Å². The van der Waals surface area contributed by atoms with Gasteiger partial charge in [-0.25, -0.2) is 0 Å². The van der Waals surface area contributed by atoms with Crippen molar-refractivity contribution >= 4 is 17.5 Å². The first-order valence-electron chi connectivity index (χ1n) is 9.46. The predicted octanol–water partition coefficient (Wildman–Crippen LogP) is 3.82. The number of likely N-dealkylation sites (tertiary alicyclic amines) is 1. The van der Waals surface area contributed by atoms with Crippen molar-refractivity contribution in [1.82, 2.24) is 4.90 Å². The molecule has 1 aliphatic heterocycles. The van der Waals surface area contributed by atoms with Gasteiger partial charge in [0.1, 0.15) is 0 Å². The Morgan fingerprint density at radius 3 is 2.40 bits per heavy atom. The summed E-state index contributed by atoms with van der Waals surface area (Å²) in [6, 6.07) is 8.01. The highest BCUT2D eigenvalue weighted by atomic mass is 16.2. The van der Waals surface area contributed by atoms with Gasteiger partial charge in [0, 0.05) is 18.8 Å². The number of hydrogen-bond acceptors (Lipinski definition) is 2. The van der Waals surface area contributed by atoms with Gasteiger partial charge in [-0.05, 0) is 48.3 Å². The van der Waals surface area contributed by atoms with Crippen molar-refractivity contribution in [3.05, 3.63) is 29.8 Å². The fourth-order valence-electron chi connectivity index (χ4n) is 3.67. The quantitative estimate of drug-likeness (QED) is 0.908. The Morgan fingerprint density at radius 2 is 1.80 bits per heavy atom. The summed E-state index contributed by atoms with van der Waals surface area (Å²) in [6.45, 7) is 10.4. The van der Waals surface area contributed by atoms with Crippen LogP contribution in [0.1, 0.15) is 52.5 Å². The lowest BCUT2D eigenvalue weighted by Crippen LogP contribution is -2.40. The predicted molar refractivity (Wildman–Crippen MR) is 100 cm³/mol. The number of carbonyl (C=O) groups is 2. The molecule has 1 aliphatic carbocycles. The molecular weight excluding hydrogens is 312 g/mol. The van der Waals surface area contributed by atoms with Gasteiger partial charge in [0.2, 0.25) is 11.8 Å². The van der Waals surface area contributed by atoms with Crippen LogP contribution in [0.15, 0.2) is 24.3 Å². The van der Waals surface area contributed by atoms with E-state index >= 15 is 0 Å². The number of nitrogens with zero attached hydrogens (tertiary/aromatic N) is 1. The third-order valence-corrected chi connectivity index (χ3v) is 5.43. The summed E-state index contributed by atoms with van der Waals surface area (Å²) in [6.07, 6.45) is 2.97. The molecule has 3 unspecified atom stereocenters. The minimum absolute atomic E-state index is 0.0214. The Hall–Kier alpha value is -1.84. The molecule has 4 nitrogen and oxygen atoms in total. The third kappa shape index (κ3) is 4.23. The van der Waals surface area contributed by atoms with E-state index in [9.17, 15) is 9.59 Å². The highest BCUT2D eigenvalue weighted by Crippen LogP contribution is 2.41. The molecule has 0 bridgehead atoms. The highest BCUT2D eigenvalue weighted by molar-refractivity contribution is 5.99. The molecule has 0 spiro atoms. The van der Waals surface area contributed by atoms with E-state index in [-0.39, 0.29) is 29.1 Å². The van der Waals surface area contributed by atoms with Crippen molar-refractivity contribution in [3.8, 4) is 0 Å². The molecule has 4 heteroatoms. The zero-order valence-electron chi connectivity index (χ0n) is 15.8. The minimum atomic E-state index is -0.160. The highest BCUT2D eigenvalue weighted by Gasteiger charge is 2.49. The van der Waals surface area contributed by atoms with Gasteiger partial charge in [-0.15, -0.1) is 0 Å². The zero-order valence-corrected chi connectivity index (χ0v) is 15.8. The largest absolute Gasteiger partial charge is 0.342 e. The summed E-state index contributed by atoms with van der Waals surface area (Å²) in [4.78, 5) is 27.0. The molecule has 2 amide bonds. The maximum atomic E-state index is 12.6. The fourth-order valence-corrected chi connectivity index (χ4v) is 3.67. The fraction of sp³-hybridized carbons (Fsp3) is 0.619. The summed E-state index contributed by atoms with van der Waals surface area (Å²) in [5, 5.41) is 2.97. The molecule has 25 heavy (non-hydrogen) atoms. The van der Waals surface area contributed by atoms with Crippen LogP contribution in [0, 0.1) is 17.8 Å². The summed E-state index contributed by atoms with van der Waals surface area (Å²) in [7, 11) is 0. The molecule has 1 saturated carbocycles. The number of nitrogens with one attached hydrogen (secondary N) is 1. The summed E-state index contributed by atoms with van der Waals surface area (Å²) >= 11 is 0. The van der Waals surface area contributed by atoms with Gasteiger partial charge in [-0.3, -0.25) is 9.59 Å². The van der Waals surface area contributed by atoms with Gasteiger partial charge in [0.25, 0.3) is 0 Å². The van der Waals surface area contributed by atoms with Gasteiger partial charge < -0.3 is 10.2 Å². The van der Waals surface area contributed by atoms with Crippen molar-refractivity contribution in [2.24, 2.45) is 17.8 Å². The van der Waals surface area contributed by atoms with Crippen LogP contribution in [0.25, 0.3) is 0 Å². The molecule has 1 saturated heterocycles. The Labute approximate surface area is 151 Å². The molecule has 0 radical (unpaired) electrons. The van der Waals surface area contributed by atoms with Crippen LogP contribution in [0.4, 0.5) is 5.69 Å². The monoisotopic (exact) mass is 342 g/mol. The van der Waals surface area contributed by atoms with Crippen LogP contribution in [0.2, 0.25) is 0 Å². The van der Waals surface area contributed by atoms with Crippen molar-refractivity contribution < 1.29 is 9.59 Å². The average Bonchev–Trinajstić information content (AvgIpc) is 3.34. The van der Waals surface area contributed by atoms with E-state index < -0.39 is 0 Å². The molecule has 1 N–H and O–H groups in total. The van der Waals surface area contributed by atoms with Gasteiger partial charge in [0.15, 0.2) is 0 Å². The second-order valence-electron chi connectivity index (χ2n) is 8.80. The molecule has 3 atom stereocenters. The maximum Gasteiger partial charge on any atom is 0.228 e. The average molecular weight is 342 g/mol. The lowest BCUT2D eigenvalue weighted by Gasteiger charge is -2.31. The van der Waals surface area contributed by atoms with E-state index in [1.807, 2.05) is 17.0 Å². The van der Waals surface area contributed by atoms with E-state index in [2.05, 4.69) is 45.1 Å². The van der Waals surface area contributed by atoms with E-state index in [1.165, 1.54) is 12.0 Å². The normalized spacial score (nSPS) is 26.2. The smallest absolute Gasteiger partial charge is 0.228 e. The van der Waals surface area contributed by atoms with Crippen LogP contribution < -0.4 is 5.32 Å². The first kappa shape index (κ1) is 18.0. The Balaban J connectivity index is 1.54. The number of amides is 2. The Bertz CT molecular complexity index is 645. The Kier molecular flexibility index (Phi) is 4.90. The van der Waals surface area contributed by atoms with Gasteiger partial charge >= 0.3 is 0 Å². The van der Waals surface area contributed by atoms with Crippen LogP contribution in [0.3, 0.4) is 0 Å². The SMILES string of the molecule is CC1CCCN(C(=O)C2CC2C(=O)Nc2ccc(C(C)(C)C)cc2)C1. The minimum Gasteiger partial charge on any atom is -0.342 e. The molecule has 1 aromatic carbocycles. The van der Waals surface area contributed by atoms with Gasteiger partial charge in [-0.1, -0.05) is 39.8 Å². The number of carbonyl (C=O) groups excluding carboxylic acids is 2. The summed E-state index contributed by atoms with van der Waals surface area (Å²) in [5.41, 5.74) is 2.15. The van der Waals surface area contributed by atoms with Crippen LogP contribution in [0.5, 0.6) is 0 Å². The van der Waals surface area contributed by atoms with Crippen molar-refractivity contribution in [2.45, 2.75) is 52.4 Å². The van der Waals surface area contributed by atoms with Crippen molar-refractivity contribution in [1.29, 1.82) is 0 Å². The second-order valence-corrected chi connectivity index (χ2v) is 8.80. The number of rotatable bonds is 3. The molecule has 136 valence electrons. The van der Waals surface area contributed by atoms with Crippen LogP contribution >= 0.6 is 0 Å². The van der Waals surface area contributed by atoms with Gasteiger partial charge in [0.05, 0.1) is 11.8 Å². The molecule has 2 fully saturated rings. The standard InChI is InChI=1S/C21H30N2O2/c1-14-6-5-11-23(13-14)20(25)18-12-17(18)19(24)22-16-9-7-15(8-10-16)21(2,3)4/h7-10,14,17-18H,5-6,11-13H2,1-4H3,(H,22,24). The molecule has 0 aromatic heterocycles. The van der Waals surface area contributed by atoms with E-state index in [4.69, 9.17) is 0 Å². The first-order chi connectivity index (χ1) is 11.8. The van der Waals surface area contributed by atoms with Gasteiger partial charge in [-0.2, -0.15) is 0 Å². The molecule has 1 heterocycles. The number of hydrogen-bond donors (Lipinski definition) is 1. The van der Waals surface area contributed by atoms with Crippen molar-refractivity contribution in [3.63, 3.8) is 0 Å². The first-order valence-corrected chi connectivity index (χ1v) is 9.46. The third-order valence-electron chi connectivity index (χ3n) is 5.43.